The first-order valence-electron chi connectivity index (χ1n) is 8.52. The van der Waals surface area contributed by atoms with E-state index >= 15 is 0 Å². The molecule has 2 heterocycles. The second-order valence-corrected chi connectivity index (χ2v) is 7.54. The van der Waals surface area contributed by atoms with E-state index in [1.807, 2.05) is 0 Å². The van der Waals surface area contributed by atoms with Crippen molar-refractivity contribution in [3.63, 3.8) is 0 Å². The van der Waals surface area contributed by atoms with Crippen molar-refractivity contribution < 1.29 is 14.3 Å². The third-order valence-corrected chi connectivity index (χ3v) is 5.68. The first-order chi connectivity index (χ1) is 12.5. The molecular formula is C19H18Cl2N2O3. The largest absolute Gasteiger partial charge is 0.496 e. The molecule has 1 aliphatic heterocycles. The number of carbonyl (C=O) groups is 1. The molecule has 136 valence electrons. The van der Waals surface area contributed by atoms with Crippen LogP contribution in [0.3, 0.4) is 0 Å². The van der Waals surface area contributed by atoms with Crippen molar-refractivity contribution in [1.82, 2.24) is 4.98 Å². The highest BCUT2D eigenvalue weighted by atomic mass is 35.5. The minimum atomic E-state index is -0.325. The Morgan fingerprint density at radius 2 is 1.92 bits per heavy atom. The molecule has 1 aliphatic carbocycles. The maximum atomic E-state index is 12.9. The SMILES string of the molecule is COc1ccc(C(=O)Nc2c(Cl)cncc2Cl)c2c1CC1(CCCC1)O2. The molecule has 1 aromatic heterocycles. The maximum absolute atomic E-state index is 12.9. The number of ether oxygens (including phenoxy) is 2. The van der Waals surface area contributed by atoms with Crippen LogP contribution in [-0.2, 0) is 6.42 Å². The number of benzene rings is 1. The van der Waals surface area contributed by atoms with Crippen LogP contribution in [0.25, 0.3) is 0 Å². The van der Waals surface area contributed by atoms with Crippen LogP contribution in [0.4, 0.5) is 5.69 Å². The van der Waals surface area contributed by atoms with E-state index in [2.05, 4.69) is 10.3 Å². The van der Waals surface area contributed by atoms with Crippen LogP contribution >= 0.6 is 23.2 Å². The van der Waals surface area contributed by atoms with Crippen LogP contribution < -0.4 is 14.8 Å². The Balaban J connectivity index is 1.70. The third-order valence-electron chi connectivity index (χ3n) is 5.11. The highest BCUT2D eigenvalue weighted by molar-refractivity contribution is 6.39. The lowest BCUT2D eigenvalue weighted by Gasteiger charge is -2.23. The predicted octanol–water partition coefficient (Wildman–Crippen LogP) is 4.90. The van der Waals surface area contributed by atoms with Gasteiger partial charge in [-0.05, 0) is 37.8 Å². The molecule has 1 amide bonds. The standard InChI is InChI=1S/C19H18Cl2N2O3/c1-25-15-5-4-11(17-12(15)8-19(26-17)6-2-3-7-19)18(24)23-16-13(20)9-22-10-14(16)21/h4-5,9-10H,2-3,6-8H2,1H3,(H,22,23,24). The van der Waals surface area contributed by atoms with Crippen LogP contribution in [0.2, 0.25) is 10.0 Å². The summed E-state index contributed by atoms with van der Waals surface area (Å²) in [4.78, 5) is 16.8. The molecule has 0 unspecified atom stereocenters. The number of nitrogens with one attached hydrogen (secondary N) is 1. The van der Waals surface area contributed by atoms with E-state index in [4.69, 9.17) is 32.7 Å². The van der Waals surface area contributed by atoms with E-state index in [-0.39, 0.29) is 21.6 Å². The molecule has 0 bridgehead atoms. The summed E-state index contributed by atoms with van der Waals surface area (Å²) in [5, 5.41) is 3.34. The molecule has 0 atom stereocenters. The first kappa shape index (κ1) is 17.4. The van der Waals surface area contributed by atoms with Crippen LogP contribution in [0.1, 0.15) is 41.6 Å². The van der Waals surface area contributed by atoms with E-state index in [1.54, 1.807) is 19.2 Å². The minimum Gasteiger partial charge on any atom is -0.496 e. The summed E-state index contributed by atoms with van der Waals surface area (Å²) >= 11 is 12.2. The van der Waals surface area contributed by atoms with Crippen molar-refractivity contribution in [3.8, 4) is 11.5 Å². The minimum absolute atomic E-state index is 0.210. The third kappa shape index (κ3) is 2.89. The average molecular weight is 393 g/mol. The molecule has 0 saturated heterocycles. The Morgan fingerprint density at radius 3 is 2.58 bits per heavy atom. The smallest absolute Gasteiger partial charge is 0.259 e. The molecular weight excluding hydrogens is 375 g/mol. The van der Waals surface area contributed by atoms with Gasteiger partial charge in [-0.25, -0.2) is 0 Å². The molecule has 5 nitrogen and oxygen atoms in total. The normalized spacial score (nSPS) is 17.0. The molecule has 26 heavy (non-hydrogen) atoms. The lowest BCUT2D eigenvalue weighted by molar-refractivity contribution is 0.0953. The number of nitrogens with zero attached hydrogens (tertiary/aromatic N) is 1. The zero-order chi connectivity index (χ0) is 18.3. The quantitative estimate of drug-likeness (QED) is 0.806. The monoisotopic (exact) mass is 392 g/mol. The second kappa shape index (κ2) is 6.63. The molecule has 7 heteroatoms. The molecule has 1 fully saturated rings. The zero-order valence-corrected chi connectivity index (χ0v) is 15.8. The Labute approximate surface area is 161 Å². The Kier molecular flexibility index (Phi) is 4.45. The van der Waals surface area contributed by atoms with Gasteiger partial charge in [-0.3, -0.25) is 9.78 Å². The molecule has 2 aromatic rings. The van der Waals surface area contributed by atoms with Gasteiger partial charge >= 0.3 is 0 Å². The van der Waals surface area contributed by atoms with Crippen LogP contribution in [-0.4, -0.2) is 23.6 Å². The van der Waals surface area contributed by atoms with Gasteiger partial charge in [0.05, 0.1) is 28.4 Å². The molecule has 0 radical (unpaired) electrons. The van der Waals surface area contributed by atoms with Crippen LogP contribution in [0, 0.1) is 0 Å². The van der Waals surface area contributed by atoms with Gasteiger partial charge in [-0.15, -0.1) is 0 Å². The summed E-state index contributed by atoms with van der Waals surface area (Å²) in [5.41, 5.74) is 1.53. The van der Waals surface area contributed by atoms with E-state index in [1.165, 1.54) is 12.4 Å². The number of amides is 1. The Morgan fingerprint density at radius 1 is 1.23 bits per heavy atom. The first-order valence-corrected chi connectivity index (χ1v) is 9.28. The van der Waals surface area contributed by atoms with Gasteiger partial charge < -0.3 is 14.8 Å². The number of hydrogen-bond donors (Lipinski definition) is 1. The number of methoxy groups -OCH3 is 1. The predicted molar refractivity (Wildman–Crippen MR) is 101 cm³/mol. The fraction of sp³-hybridized carbons (Fsp3) is 0.368. The van der Waals surface area contributed by atoms with Gasteiger partial charge in [0.1, 0.15) is 17.1 Å². The number of hydrogen-bond acceptors (Lipinski definition) is 4. The fourth-order valence-corrected chi connectivity index (χ4v) is 4.31. The highest BCUT2D eigenvalue weighted by Crippen LogP contribution is 2.49. The second-order valence-electron chi connectivity index (χ2n) is 6.72. The summed E-state index contributed by atoms with van der Waals surface area (Å²) in [7, 11) is 1.63. The number of anilines is 1. The van der Waals surface area contributed by atoms with Gasteiger partial charge in [0, 0.05) is 24.4 Å². The van der Waals surface area contributed by atoms with E-state index in [9.17, 15) is 4.79 Å². The van der Waals surface area contributed by atoms with Gasteiger partial charge in [-0.2, -0.15) is 0 Å². The van der Waals surface area contributed by atoms with Gasteiger partial charge in [0.2, 0.25) is 0 Å². The molecule has 1 saturated carbocycles. The van der Waals surface area contributed by atoms with Gasteiger partial charge in [-0.1, -0.05) is 23.2 Å². The summed E-state index contributed by atoms with van der Waals surface area (Å²) < 4.78 is 11.8. The summed E-state index contributed by atoms with van der Waals surface area (Å²) in [6, 6.07) is 3.52. The maximum Gasteiger partial charge on any atom is 0.259 e. The molecule has 1 aromatic carbocycles. The lowest BCUT2D eigenvalue weighted by Crippen LogP contribution is -2.30. The summed E-state index contributed by atoms with van der Waals surface area (Å²) in [6.07, 6.45) is 7.91. The van der Waals surface area contributed by atoms with E-state index in [0.29, 0.717) is 17.0 Å². The van der Waals surface area contributed by atoms with Gasteiger partial charge in [0.25, 0.3) is 5.91 Å². The molecule has 4 rings (SSSR count). The number of rotatable bonds is 3. The zero-order valence-electron chi connectivity index (χ0n) is 14.3. The van der Waals surface area contributed by atoms with Crippen molar-refractivity contribution in [2.24, 2.45) is 0 Å². The van der Waals surface area contributed by atoms with Crippen molar-refractivity contribution in [2.75, 3.05) is 12.4 Å². The number of fused-ring (bicyclic) bond motifs is 1. The van der Waals surface area contributed by atoms with Crippen molar-refractivity contribution in [1.29, 1.82) is 0 Å². The van der Waals surface area contributed by atoms with E-state index < -0.39 is 0 Å². The number of halogens is 2. The van der Waals surface area contributed by atoms with Crippen molar-refractivity contribution in [2.45, 2.75) is 37.7 Å². The summed E-state index contributed by atoms with van der Waals surface area (Å²) in [5.74, 6) is 1.03. The topological polar surface area (TPSA) is 60.5 Å². The van der Waals surface area contributed by atoms with Crippen molar-refractivity contribution >= 4 is 34.8 Å². The molecule has 2 aliphatic rings. The van der Waals surface area contributed by atoms with Crippen molar-refractivity contribution in [3.05, 3.63) is 45.7 Å². The van der Waals surface area contributed by atoms with Crippen LogP contribution in [0.15, 0.2) is 24.5 Å². The molecule has 1 N–H and O–H groups in total. The lowest BCUT2D eigenvalue weighted by atomic mass is 9.94. The molecule has 1 spiro atoms. The fourth-order valence-electron chi connectivity index (χ4n) is 3.85. The van der Waals surface area contributed by atoms with Crippen LogP contribution in [0.5, 0.6) is 11.5 Å². The number of aromatic nitrogens is 1. The summed E-state index contributed by atoms with van der Waals surface area (Å²) in [6.45, 7) is 0. The number of carbonyl (C=O) groups excluding carboxylic acids is 1. The average Bonchev–Trinajstić information content (AvgIpc) is 3.23. The highest BCUT2D eigenvalue weighted by Gasteiger charge is 2.44. The van der Waals surface area contributed by atoms with E-state index in [0.717, 1.165) is 43.4 Å². The Bertz CT molecular complexity index is 859. The van der Waals surface area contributed by atoms with Gasteiger partial charge in [0.15, 0.2) is 0 Å². The number of pyridine rings is 1. The Hall–Kier alpha value is -1.98.